The average Bonchev–Trinajstić information content (AvgIpc) is 3.06. The number of hydrogen-bond donors (Lipinski definition) is 2. The minimum atomic E-state index is -0.394. The monoisotopic (exact) mass is 363 g/mol. The number of rotatable bonds is 3. The number of ether oxygens (including phenoxy) is 1. The largest absolute Gasteiger partial charge is 0.462 e. The number of urea groups is 1. The first kappa shape index (κ1) is 17.1. The summed E-state index contributed by atoms with van der Waals surface area (Å²) < 4.78 is 5.01. The molecule has 0 aliphatic carbocycles. The molecule has 6 nitrogen and oxygen atoms in total. The molecule has 1 aliphatic rings. The molecule has 2 amide bonds. The normalized spacial score (nSPS) is 13.3. The summed E-state index contributed by atoms with van der Waals surface area (Å²) in [7, 11) is 0. The van der Waals surface area contributed by atoms with Crippen LogP contribution in [0.3, 0.4) is 0 Å². The first-order valence-corrected chi connectivity index (χ1v) is 9.07. The molecule has 0 atom stereocenters. The van der Waals surface area contributed by atoms with Gasteiger partial charge in [0, 0.05) is 28.8 Å². The Bertz CT molecular complexity index is 1010. The van der Waals surface area contributed by atoms with Crippen molar-refractivity contribution < 1.29 is 14.3 Å². The number of nitrogens with zero attached hydrogens (tertiary/aromatic N) is 1. The number of anilines is 1. The zero-order valence-electron chi connectivity index (χ0n) is 15.1. The van der Waals surface area contributed by atoms with Gasteiger partial charge in [0.15, 0.2) is 0 Å². The van der Waals surface area contributed by atoms with Crippen LogP contribution in [0.2, 0.25) is 0 Å². The van der Waals surface area contributed by atoms with Crippen LogP contribution in [0.4, 0.5) is 10.5 Å². The first-order valence-electron chi connectivity index (χ1n) is 9.07. The number of fused-ring (bicyclic) bond motifs is 3. The fraction of sp³-hybridized carbons (Fsp3) is 0.238. The summed E-state index contributed by atoms with van der Waals surface area (Å²) in [6, 6.07) is 14.8. The third-order valence-corrected chi connectivity index (χ3v) is 4.79. The van der Waals surface area contributed by atoms with Crippen LogP contribution in [0.15, 0.2) is 48.5 Å². The molecule has 6 heteroatoms. The summed E-state index contributed by atoms with van der Waals surface area (Å²) in [5, 5.41) is 4.11. The van der Waals surface area contributed by atoms with Gasteiger partial charge in [-0.15, -0.1) is 0 Å². The molecule has 138 valence electrons. The molecule has 0 unspecified atom stereocenters. The topological polar surface area (TPSA) is 74.4 Å². The average molecular weight is 363 g/mol. The summed E-state index contributed by atoms with van der Waals surface area (Å²) in [5.41, 5.74) is 4.47. The highest BCUT2D eigenvalue weighted by molar-refractivity contribution is 5.94. The number of nitrogens with one attached hydrogen (secondary N) is 2. The molecule has 1 aliphatic heterocycles. The molecule has 2 aromatic carbocycles. The second-order valence-corrected chi connectivity index (χ2v) is 6.53. The molecule has 0 bridgehead atoms. The summed E-state index contributed by atoms with van der Waals surface area (Å²) in [6.45, 7) is 3.26. The Balaban J connectivity index is 1.48. The summed E-state index contributed by atoms with van der Waals surface area (Å²) >= 11 is 0. The smallest absolute Gasteiger partial charge is 0.338 e. The lowest BCUT2D eigenvalue weighted by Gasteiger charge is -2.27. The molecule has 0 saturated heterocycles. The number of aromatic nitrogens is 1. The van der Waals surface area contributed by atoms with Gasteiger partial charge in [-0.05, 0) is 43.2 Å². The first-order chi connectivity index (χ1) is 13.2. The Kier molecular flexibility index (Phi) is 4.54. The lowest BCUT2D eigenvalue weighted by atomic mass is 10.0. The van der Waals surface area contributed by atoms with Gasteiger partial charge in [-0.25, -0.2) is 9.59 Å². The highest BCUT2D eigenvalue weighted by Gasteiger charge is 2.24. The molecule has 2 heterocycles. The predicted molar refractivity (Wildman–Crippen MR) is 104 cm³/mol. The molecule has 27 heavy (non-hydrogen) atoms. The Morgan fingerprint density at radius 1 is 1.19 bits per heavy atom. The lowest BCUT2D eigenvalue weighted by molar-refractivity contribution is 0.0526. The van der Waals surface area contributed by atoms with E-state index in [0.717, 1.165) is 17.6 Å². The molecular formula is C21H21N3O3. The van der Waals surface area contributed by atoms with E-state index in [9.17, 15) is 9.59 Å². The van der Waals surface area contributed by atoms with Gasteiger partial charge in [-0.3, -0.25) is 0 Å². The van der Waals surface area contributed by atoms with Gasteiger partial charge in [-0.1, -0.05) is 24.3 Å². The maximum Gasteiger partial charge on any atom is 0.338 e. The van der Waals surface area contributed by atoms with E-state index in [-0.39, 0.29) is 6.03 Å². The maximum atomic E-state index is 12.7. The Morgan fingerprint density at radius 3 is 2.89 bits per heavy atom. The van der Waals surface area contributed by atoms with Crippen LogP contribution < -0.4 is 5.32 Å². The molecule has 4 rings (SSSR count). The van der Waals surface area contributed by atoms with E-state index < -0.39 is 5.97 Å². The molecule has 0 fully saturated rings. The van der Waals surface area contributed by atoms with E-state index >= 15 is 0 Å². The van der Waals surface area contributed by atoms with Crippen LogP contribution in [0, 0.1) is 0 Å². The summed E-state index contributed by atoms with van der Waals surface area (Å²) in [6.07, 6.45) is 0.815. The second-order valence-electron chi connectivity index (χ2n) is 6.53. The number of carbonyl (C=O) groups excluding carboxylic acids is 2. The number of para-hydroxylation sites is 1. The van der Waals surface area contributed by atoms with E-state index in [1.807, 2.05) is 12.1 Å². The Morgan fingerprint density at radius 2 is 2.04 bits per heavy atom. The number of esters is 1. The van der Waals surface area contributed by atoms with E-state index in [1.165, 1.54) is 10.9 Å². The molecule has 1 aromatic heterocycles. The highest BCUT2D eigenvalue weighted by atomic mass is 16.5. The van der Waals surface area contributed by atoms with Crippen molar-refractivity contribution in [2.45, 2.75) is 19.9 Å². The lowest BCUT2D eigenvalue weighted by Crippen LogP contribution is -2.38. The van der Waals surface area contributed by atoms with Crippen molar-refractivity contribution in [1.29, 1.82) is 0 Å². The van der Waals surface area contributed by atoms with E-state index in [1.54, 1.807) is 36.1 Å². The number of hydrogen-bond acceptors (Lipinski definition) is 3. The Hall–Kier alpha value is -3.28. The van der Waals surface area contributed by atoms with Crippen molar-refractivity contribution in [3.63, 3.8) is 0 Å². The number of benzene rings is 2. The Labute approximate surface area is 157 Å². The van der Waals surface area contributed by atoms with E-state index in [2.05, 4.69) is 22.4 Å². The van der Waals surface area contributed by atoms with Crippen molar-refractivity contribution in [1.82, 2.24) is 9.88 Å². The third-order valence-electron chi connectivity index (χ3n) is 4.79. The second kappa shape index (κ2) is 7.15. The van der Waals surface area contributed by atoms with Crippen molar-refractivity contribution in [3.05, 3.63) is 65.4 Å². The molecule has 0 radical (unpaired) electrons. The van der Waals surface area contributed by atoms with Gasteiger partial charge in [0.1, 0.15) is 0 Å². The van der Waals surface area contributed by atoms with E-state index in [4.69, 9.17) is 4.74 Å². The highest BCUT2D eigenvalue weighted by Crippen LogP contribution is 2.27. The van der Waals surface area contributed by atoms with Crippen molar-refractivity contribution in [2.75, 3.05) is 18.5 Å². The number of amides is 2. The number of H-pyrrole nitrogens is 1. The van der Waals surface area contributed by atoms with Gasteiger partial charge < -0.3 is 19.9 Å². The van der Waals surface area contributed by atoms with Crippen molar-refractivity contribution in [3.8, 4) is 0 Å². The maximum absolute atomic E-state index is 12.7. The minimum absolute atomic E-state index is 0.180. The van der Waals surface area contributed by atoms with E-state index in [0.29, 0.717) is 30.9 Å². The van der Waals surface area contributed by atoms with Crippen LogP contribution in [0.1, 0.15) is 28.5 Å². The third kappa shape index (κ3) is 3.38. The fourth-order valence-electron chi connectivity index (χ4n) is 3.51. The van der Waals surface area contributed by atoms with Crippen molar-refractivity contribution >= 4 is 28.6 Å². The zero-order chi connectivity index (χ0) is 18.8. The van der Waals surface area contributed by atoms with Gasteiger partial charge in [0.05, 0.1) is 18.7 Å². The van der Waals surface area contributed by atoms with Gasteiger partial charge >= 0.3 is 12.0 Å². The number of aromatic amines is 1. The zero-order valence-corrected chi connectivity index (χ0v) is 15.1. The molecule has 0 saturated carbocycles. The van der Waals surface area contributed by atoms with Crippen LogP contribution in [0.5, 0.6) is 0 Å². The summed E-state index contributed by atoms with van der Waals surface area (Å²) in [5.74, 6) is -0.394. The number of carbonyl (C=O) groups is 2. The fourth-order valence-corrected chi connectivity index (χ4v) is 3.51. The minimum Gasteiger partial charge on any atom is -0.462 e. The molecule has 2 N–H and O–H groups in total. The summed E-state index contributed by atoms with van der Waals surface area (Å²) in [4.78, 5) is 29.7. The SMILES string of the molecule is CCOC(=O)c1cccc(NC(=O)N2CCc3c([nH]c4ccccc34)C2)c1. The van der Waals surface area contributed by atoms with Crippen LogP contribution in [-0.2, 0) is 17.7 Å². The van der Waals surface area contributed by atoms with Gasteiger partial charge in [0.2, 0.25) is 0 Å². The van der Waals surface area contributed by atoms with Crippen LogP contribution >= 0.6 is 0 Å². The molecule has 3 aromatic rings. The standard InChI is InChI=1S/C21H21N3O3/c1-2-27-20(25)14-6-5-7-15(12-14)22-21(26)24-11-10-17-16-8-3-4-9-18(16)23-19(17)13-24/h3-9,12,23H,2,10-11,13H2,1H3,(H,22,26). The predicted octanol–water partition coefficient (Wildman–Crippen LogP) is 3.93. The van der Waals surface area contributed by atoms with Crippen LogP contribution in [0.25, 0.3) is 10.9 Å². The van der Waals surface area contributed by atoms with Gasteiger partial charge in [0.25, 0.3) is 0 Å². The van der Waals surface area contributed by atoms with Gasteiger partial charge in [-0.2, -0.15) is 0 Å². The van der Waals surface area contributed by atoms with Crippen molar-refractivity contribution in [2.24, 2.45) is 0 Å². The molecule has 0 spiro atoms. The quantitative estimate of drug-likeness (QED) is 0.692. The van der Waals surface area contributed by atoms with Crippen LogP contribution in [-0.4, -0.2) is 35.0 Å². The molecular weight excluding hydrogens is 342 g/mol.